The van der Waals surface area contributed by atoms with Crippen molar-refractivity contribution in [2.45, 2.75) is 25.6 Å². The summed E-state index contributed by atoms with van der Waals surface area (Å²) in [7, 11) is 0. The highest BCUT2D eigenvalue weighted by Crippen LogP contribution is 2.33. The monoisotopic (exact) mass is 299 g/mol. The van der Waals surface area contributed by atoms with Gasteiger partial charge >= 0.3 is 6.18 Å². The minimum Gasteiger partial charge on any atom is -0.399 e. The van der Waals surface area contributed by atoms with Crippen LogP contribution < -0.4 is 5.73 Å². The van der Waals surface area contributed by atoms with E-state index in [0.29, 0.717) is 31.0 Å². The number of halogens is 3. The van der Waals surface area contributed by atoms with Gasteiger partial charge in [0, 0.05) is 25.4 Å². The highest BCUT2D eigenvalue weighted by molar-refractivity contribution is 5.79. The van der Waals surface area contributed by atoms with E-state index in [1.165, 1.54) is 10.6 Å². The number of imidazole rings is 1. The smallest absolute Gasteiger partial charge is 0.399 e. The Morgan fingerprint density at radius 1 is 1.29 bits per heavy atom. The first-order valence-electron chi connectivity index (χ1n) is 6.86. The van der Waals surface area contributed by atoms with Gasteiger partial charge in [0.2, 0.25) is 5.82 Å². The van der Waals surface area contributed by atoms with Crippen LogP contribution in [0.15, 0.2) is 18.2 Å². The summed E-state index contributed by atoms with van der Waals surface area (Å²) in [4.78, 5) is 3.74. The summed E-state index contributed by atoms with van der Waals surface area (Å²) in [6.45, 7) is 1.51. The van der Waals surface area contributed by atoms with Gasteiger partial charge in [-0.1, -0.05) is 0 Å². The second-order valence-corrected chi connectivity index (χ2v) is 5.35. The molecule has 1 aromatic heterocycles. The van der Waals surface area contributed by atoms with E-state index in [-0.39, 0.29) is 11.4 Å². The number of nitrogens with zero attached hydrogens (tertiary/aromatic N) is 2. The lowest BCUT2D eigenvalue weighted by molar-refractivity contribution is -0.147. The topological polar surface area (TPSA) is 53.1 Å². The standard InChI is InChI=1S/C14H16F3N3O/c15-14(16,17)13-19-11-7-10(18)1-2-12(11)20(13)8-9-3-5-21-6-4-9/h1-2,7,9H,3-6,8,18H2. The first kappa shape index (κ1) is 14.2. The van der Waals surface area contributed by atoms with Gasteiger partial charge in [0.1, 0.15) is 0 Å². The first-order valence-corrected chi connectivity index (χ1v) is 6.86. The van der Waals surface area contributed by atoms with Crippen LogP contribution in [0.25, 0.3) is 11.0 Å². The number of nitrogens with two attached hydrogens (primary N) is 1. The van der Waals surface area contributed by atoms with E-state index in [4.69, 9.17) is 10.5 Å². The second-order valence-electron chi connectivity index (χ2n) is 5.35. The zero-order chi connectivity index (χ0) is 15.0. The van der Waals surface area contributed by atoms with Crippen LogP contribution in [0, 0.1) is 5.92 Å². The molecular formula is C14H16F3N3O. The van der Waals surface area contributed by atoms with Crippen molar-refractivity contribution in [1.29, 1.82) is 0 Å². The molecule has 1 aliphatic heterocycles. The second kappa shape index (κ2) is 5.22. The Labute approximate surface area is 119 Å². The van der Waals surface area contributed by atoms with E-state index in [2.05, 4.69) is 4.98 Å². The molecule has 1 saturated heterocycles. The van der Waals surface area contributed by atoms with Gasteiger partial charge in [-0.3, -0.25) is 0 Å². The Morgan fingerprint density at radius 3 is 2.67 bits per heavy atom. The molecule has 0 radical (unpaired) electrons. The van der Waals surface area contributed by atoms with Crippen LogP contribution in [-0.2, 0) is 17.5 Å². The molecule has 0 saturated carbocycles. The summed E-state index contributed by atoms with van der Waals surface area (Å²) in [5.74, 6) is -0.676. The third-order valence-electron chi connectivity index (χ3n) is 3.81. The average molecular weight is 299 g/mol. The number of hydrogen-bond acceptors (Lipinski definition) is 3. The van der Waals surface area contributed by atoms with Gasteiger partial charge in [-0.25, -0.2) is 4.98 Å². The number of ether oxygens (including phenoxy) is 1. The number of aromatic nitrogens is 2. The van der Waals surface area contributed by atoms with E-state index in [1.807, 2.05) is 0 Å². The van der Waals surface area contributed by atoms with E-state index in [0.717, 1.165) is 12.8 Å². The first-order chi connectivity index (χ1) is 9.95. The van der Waals surface area contributed by atoms with Crippen molar-refractivity contribution in [2.75, 3.05) is 18.9 Å². The molecule has 114 valence electrons. The number of hydrogen-bond donors (Lipinski definition) is 1. The van der Waals surface area contributed by atoms with Crippen LogP contribution in [0.5, 0.6) is 0 Å². The summed E-state index contributed by atoms with van der Waals surface area (Å²) in [5, 5.41) is 0. The van der Waals surface area contributed by atoms with Gasteiger partial charge in [0.15, 0.2) is 0 Å². The third kappa shape index (κ3) is 2.83. The lowest BCUT2D eigenvalue weighted by Crippen LogP contribution is -2.23. The van der Waals surface area contributed by atoms with Gasteiger partial charge in [-0.15, -0.1) is 0 Å². The quantitative estimate of drug-likeness (QED) is 0.867. The lowest BCUT2D eigenvalue weighted by atomic mass is 10.0. The van der Waals surface area contributed by atoms with Gasteiger partial charge in [-0.05, 0) is 37.0 Å². The van der Waals surface area contributed by atoms with Crippen LogP contribution >= 0.6 is 0 Å². The highest BCUT2D eigenvalue weighted by atomic mass is 19.4. The van der Waals surface area contributed by atoms with Crippen LogP contribution in [0.2, 0.25) is 0 Å². The molecule has 0 aliphatic carbocycles. The Morgan fingerprint density at radius 2 is 2.00 bits per heavy atom. The molecule has 0 bridgehead atoms. The zero-order valence-corrected chi connectivity index (χ0v) is 11.4. The molecule has 4 nitrogen and oxygen atoms in total. The van der Waals surface area contributed by atoms with Crippen LogP contribution in [-0.4, -0.2) is 22.8 Å². The maximum Gasteiger partial charge on any atom is 0.449 e. The molecule has 2 N–H and O–H groups in total. The summed E-state index contributed by atoms with van der Waals surface area (Å²) >= 11 is 0. The van der Waals surface area contributed by atoms with Crippen LogP contribution in [0.3, 0.4) is 0 Å². The van der Waals surface area contributed by atoms with Crippen molar-refractivity contribution in [1.82, 2.24) is 9.55 Å². The summed E-state index contributed by atoms with van der Waals surface area (Å²) in [6.07, 6.45) is -2.93. The molecule has 2 heterocycles. The number of alkyl halides is 3. The number of fused-ring (bicyclic) bond motifs is 1. The van der Waals surface area contributed by atoms with E-state index in [9.17, 15) is 13.2 Å². The van der Waals surface area contributed by atoms with Crippen LogP contribution in [0.1, 0.15) is 18.7 Å². The molecule has 21 heavy (non-hydrogen) atoms. The molecule has 0 spiro atoms. The number of nitrogen functional groups attached to an aromatic ring is 1. The Bertz CT molecular complexity index is 645. The average Bonchev–Trinajstić information content (AvgIpc) is 2.78. The van der Waals surface area contributed by atoms with Crippen molar-refractivity contribution < 1.29 is 17.9 Å². The minimum atomic E-state index is -4.47. The number of anilines is 1. The fraction of sp³-hybridized carbons (Fsp3) is 0.500. The highest BCUT2D eigenvalue weighted by Gasteiger charge is 2.38. The summed E-state index contributed by atoms with van der Waals surface area (Å²) in [5.41, 5.74) is 6.80. The number of benzene rings is 1. The molecule has 7 heteroatoms. The van der Waals surface area contributed by atoms with Crippen molar-refractivity contribution in [3.05, 3.63) is 24.0 Å². The van der Waals surface area contributed by atoms with Gasteiger partial charge in [-0.2, -0.15) is 13.2 Å². The Kier molecular flexibility index (Phi) is 3.52. The SMILES string of the molecule is Nc1ccc2c(c1)nc(C(F)(F)F)n2CC1CCOCC1. The van der Waals surface area contributed by atoms with Gasteiger partial charge in [0.05, 0.1) is 11.0 Å². The predicted molar refractivity (Wildman–Crippen MR) is 72.7 cm³/mol. The fourth-order valence-electron chi connectivity index (χ4n) is 2.74. The Balaban J connectivity index is 2.04. The zero-order valence-electron chi connectivity index (χ0n) is 11.4. The van der Waals surface area contributed by atoms with E-state index in [1.54, 1.807) is 12.1 Å². The Hall–Kier alpha value is -1.76. The van der Waals surface area contributed by atoms with Gasteiger partial charge in [0.25, 0.3) is 0 Å². The maximum atomic E-state index is 13.2. The van der Waals surface area contributed by atoms with Crippen molar-refractivity contribution in [2.24, 2.45) is 5.92 Å². The molecule has 1 aliphatic rings. The summed E-state index contributed by atoms with van der Waals surface area (Å²) < 4.78 is 46.1. The van der Waals surface area contributed by atoms with Crippen molar-refractivity contribution in [3.8, 4) is 0 Å². The van der Waals surface area contributed by atoms with E-state index < -0.39 is 12.0 Å². The van der Waals surface area contributed by atoms with E-state index >= 15 is 0 Å². The fourth-order valence-corrected chi connectivity index (χ4v) is 2.74. The molecule has 0 atom stereocenters. The molecule has 1 aromatic carbocycles. The molecule has 3 rings (SSSR count). The van der Waals surface area contributed by atoms with Crippen molar-refractivity contribution >= 4 is 16.7 Å². The number of rotatable bonds is 2. The molecule has 0 unspecified atom stereocenters. The van der Waals surface area contributed by atoms with Crippen LogP contribution in [0.4, 0.5) is 18.9 Å². The van der Waals surface area contributed by atoms with Crippen molar-refractivity contribution in [3.63, 3.8) is 0 Å². The summed E-state index contributed by atoms with van der Waals surface area (Å²) in [6, 6.07) is 4.68. The minimum absolute atomic E-state index is 0.176. The molecule has 2 aromatic rings. The molecular weight excluding hydrogens is 283 g/mol. The third-order valence-corrected chi connectivity index (χ3v) is 3.81. The normalized spacial score (nSPS) is 17.5. The molecule has 1 fully saturated rings. The largest absolute Gasteiger partial charge is 0.449 e. The lowest BCUT2D eigenvalue weighted by Gasteiger charge is -2.23. The van der Waals surface area contributed by atoms with Gasteiger partial charge < -0.3 is 15.0 Å². The maximum absolute atomic E-state index is 13.2. The predicted octanol–water partition coefficient (Wildman–Crippen LogP) is 3.06. The molecule has 0 amide bonds.